The van der Waals surface area contributed by atoms with E-state index in [0.717, 1.165) is 10.00 Å². The van der Waals surface area contributed by atoms with E-state index in [0.29, 0.717) is 16.9 Å². The number of hydrogen-bond donors (Lipinski definition) is 2. The Morgan fingerprint density at radius 2 is 1.47 bits per heavy atom. The number of rotatable bonds is 5. The van der Waals surface area contributed by atoms with E-state index in [1.165, 1.54) is 50.5 Å². The van der Waals surface area contributed by atoms with Crippen molar-refractivity contribution in [2.45, 2.75) is 18.7 Å². The molecule has 2 amide bonds. The van der Waals surface area contributed by atoms with Gasteiger partial charge in [0, 0.05) is 36.7 Å². The lowest BCUT2D eigenvalue weighted by atomic mass is 10.2. The second-order valence-corrected chi connectivity index (χ2v) is 9.47. The summed E-state index contributed by atoms with van der Waals surface area (Å²) in [6, 6.07) is 12.9. The van der Waals surface area contributed by atoms with E-state index < -0.39 is 21.8 Å². The van der Waals surface area contributed by atoms with Crippen molar-refractivity contribution in [1.82, 2.24) is 19.7 Å². The summed E-state index contributed by atoms with van der Waals surface area (Å²) >= 11 is 0. The van der Waals surface area contributed by atoms with Crippen LogP contribution in [0.5, 0.6) is 0 Å². The number of halogens is 1. The van der Waals surface area contributed by atoms with Crippen LogP contribution in [0.2, 0.25) is 0 Å². The summed E-state index contributed by atoms with van der Waals surface area (Å²) in [7, 11) is -0.774. The topological polar surface area (TPSA) is 101 Å². The first-order valence-electron chi connectivity index (χ1n) is 9.60. The first-order valence-corrected chi connectivity index (χ1v) is 11.0. The fourth-order valence-electron chi connectivity index (χ4n) is 3.22. The van der Waals surface area contributed by atoms with E-state index >= 15 is 0 Å². The predicted molar refractivity (Wildman–Crippen MR) is 117 cm³/mol. The highest BCUT2D eigenvalue weighted by atomic mass is 32.2. The maximum Gasteiger partial charge on any atom is 0.271 e. The third kappa shape index (κ3) is 4.56. The summed E-state index contributed by atoms with van der Waals surface area (Å²) in [6.45, 7) is 3.56. The first kappa shape index (κ1) is 23.2. The average molecular weight is 459 g/mol. The summed E-state index contributed by atoms with van der Waals surface area (Å²) in [5.74, 6) is -1.48. The van der Waals surface area contributed by atoms with Crippen LogP contribution in [0, 0.1) is 19.7 Å². The molecule has 2 N–H and O–H groups in total. The van der Waals surface area contributed by atoms with Gasteiger partial charge in [0.05, 0.1) is 10.5 Å². The van der Waals surface area contributed by atoms with Crippen molar-refractivity contribution in [2.24, 2.45) is 0 Å². The van der Waals surface area contributed by atoms with E-state index in [9.17, 15) is 22.4 Å². The Hall–Kier alpha value is -3.50. The molecule has 3 rings (SSSR count). The zero-order chi connectivity index (χ0) is 23.6. The molecule has 0 aliphatic rings. The Labute approximate surface area is 185 Å². The summed E-state index contributed by atoms with van der Waals surface area (Å²) in [5, 5.41) is 0. The number of benzene rings is 2. The van der Waals surface area contributed by atoms with Gasteiger partial charge < -0.3 is 4.57 Å². The molecule has 10 heteroatoms. The highest BCUT2D eigenvalue weighted by molar-refractivity contribution is 7.89. The maximum absolute atomic E-state index is 13.2. The molecule has 0 radical (unpaired) electrons. The zero-order valence-electron chi connectivity index (χ0n) is 18.0. The molecule has 0 unspecified atom stereocenters. The third-order valence-electron chi connectivity index (χ3n) is 4.95. The summed E-state index contributed by atoms with van der Waals surface area (Å²) in [4.78, 5) is 25.0. The molecular formula is C22H23FN4O4S. The van der Waals surface area contributed by atoms with Crippen LogP contribution in [0.1, 0.15) is 32.1 Å². The minimum absolute atomic E-state index is 0.0521. The highest BCUT2D eigenvalue weighted by Gasteiger charge is 2.19. The van der Waals surface area contributed by atoms with Gasteiger partial charge in [-0.1, -0.05) is 0 Å². The molecular weight excluding hydrogens is 435 g/mol. The normalized spacial score (nSPS) is 11.4. The average Bonchev–Trinajstić information content (AvgIpc) is 3.06. The van der Waals surface area contributed by atoms with E-state index in [1.807, 2.05) is 6.92 Å². The first-order chi connectivity index (χ1) is 15.0. The van der Waals surface area contributed by atoms with E-state index in [-0.39, 0.29) is 16.3 Å². The molecule has 0 spiro atoms. The number of carbonyl (C=O) groups excluding carboxylic acids is 2. The molecule has 1 heterocycles. The van der Waals surface area contributed by atoms with Crippen LogP contribution in [-0.2, 0) is 10.0 Å². The fourth-order valence-corrected chi connectivity index (χ4v) is 4.12. The lowest BCUT2D eigenvalue weighted by Gasteiger charge is -2.12. The summed E-state index contributed by atoms with van der Waals surface area (Å²) in [6.07, 6.45) is 0. The molecule has 0 saturated heterocycles. The van der Waals surface area contributed by atoms with E-state index in [2.05, 4.69) is 10.9 Å². The molecule has 0 saturated carbocycles. The highest BCUT2D eigenvalue weighted by Crippen LogP contribution is 2.21. The molecule has 3 aromatic rings. The van der Waals surface area contributed by atoms with Gasteiger partial charge in [-0.25, -0.2) is 17.1 Å². The second-order valence-electron chi connectivity index (χ2n) is 7.32. The Kier molecular flexibility index (Phi) is 6.47. The molecule has 0 atom stereocenters. The van der Waals surface area contributed by atoms with Crippen LogP contribution in [0.15, 0.2) is 59.5 Å². The number of nitrogens with zero attached hydrogens (tertiary/aromatic N) is 2. The van der Waals surface area contributed by atoms with Crippen molar-refractivity contribution >= 4 is 21.8 Å². The standard InChI is InChI=1S/C22H23FN4O4S/c1-14-13-20(15(2)27(14)18-9-7-17(23)8-10-18)22(29)25-24-21(28)16-5-11-19(12-6-16)32(30,31)26(3)4/h5-13H,1-4H3,(H,24,28)(H,25,29). The van der Waals surface area contributed by atoms with Gasteiger partial charge in [-0.2, -0.15) is 0 Å². The van der Waals surface area contributed by atoms with Crippen molar-refractivity contribution in [1.29, 1.82) is 0 Å². The van der Waals surface area contributed by atoms with Crippen molar-refractivity contribution in [3.63, 3.8) is 0 Å². The fraction of sp³-hybridized carbons (Fsp3) is 0.182. The number of hydrogen-bond acceptors (Lipinski definition) is 4. The largest absolute Gasteiger partial charge is 0.318 e. The van der Waals surface area contributed by atoms with Gasteiger partial charge in [-0.3, -0.25) is 20.4 Å². The molecule has 0 aliphatic heterocycles. The number of nitrogens with one attached hydrogen (secondary N) is 2. The number of aryl methyl sites for hydroxylation is 1. The van der Waals surface area contributed by atoms with E-state index in [1.54, 1.807) is 29.7 Å². The van der Waals surface area contributed by atoms with Gasteiger partial charge in [0.2, 0.25) is 10.0 Å². The van der Waals surface area contributed by atoms with Crippen LogP contribution in [0.4, 0.5) is 4.39 Å². The van der Waals surface area contributed by atoms with Crippen LogP contribution in [0.3, 0.4) is 0 Å². The summed E-state index contributed by atoms with van der Waals surface area (Å²) in [5.41, 5.74) is 7.31. The number of amides is 2. The number of hydrazine groups is 1. The number of sulfonamides is 1. The quantitative estimate of drug-likeness (QED) is 0.574. The van der Waals surface area contributed by atoms with Crippen LogP contribution in [0.25, 0.3) is 5.69 Å². The van der Waals surface area contributed by atoms with Gasteiger partial charge >= 0.3 is 0 Å². The lowest BCUT2D eigenvalue weighted by Crippen LogP contribution is -2.41. The molecule has 2 aromatic carbocycles. The third-order valence-corrected chi connectivity index (χ3v) is 6.77. The Morgan fingerprint density at radius 3 is 2.03 bits per heavy atom. The molecule has 0 aliphatic carbocycles. The zero-order valence-corrected chi connectivity index (χ0v) is 18.8. The van der Waals surface area contributed by atoms with Crippen LogP contribution < -0.4 is 10.9 Å². The summed E-state index contributed by atoms with van der Waals surface area (Å²) < 4.78 is 40.3. The van der Waals surface area contributed by atoms with Crippen molar-refractivity contribution < 1.29 is 22.4 Å². The van der Waals surface area contributed by atoms with Gasteiger partial charge in [0.15, 0.2) is 0 Å². The van der Waals surface area contributed by atoms with Crippen LogP contribution in [-0.4, -0.2) is 43.2 Å². The van der Waals surface area contributed by atoms with Gasteiger partial charge in [-0.05, 0) is 68.4 Å². The van der Waals surface area contributed by atoms with Crippen molar-refractivity contribution in [3.05, 3.63) is 82.9 Å². The Balaban J connectivity index is 1.72. The van der Waals surface area contributed by atoms with E-state index in [4.69, 9.17) is 0 Å². The minimum atomic E-state index is -3.60. The van der Waals surface area contributed by atoms with Gasteiger partial charge in [-0.15, -0.1) is 0 Å². The smallest absolute Gasteiger partial charge is 0.271 e. The molecule has 0 bridgehead atoms. The molecule has 0 fully saturated rings. The molecule has 1 aromatic heterocycles. The maximum atomic E-state index is 13.2. The lowest BCUT2D eigenvalue weighted by molar-refractivity contribution is 0.0846. The van der Waals surface area contributed by atoms with Gasteiger partial charge in [0.25, 0.3) is 11.8 Å². The number of carbonyl (C=O) groups is 2. The van der Waals surface area contributed by atoms with Gasteiger partial charge in [0.1, 0.15) is 5.82 Å². The monoisotopic (exact) mass is 458 g/mol. The number of aromatic nitrogens is 1. The van der Waals surface area contributed by atoms with Crippen molar-refractivity contribution in [3.8, 4) is 5.69 Å². The molecule has 8 nitrogen and oxygen atoms in total. The predicted octanol–water partition coefficient (Wildman–Crippen LogP) is 2.56. The minimum Gasteiger partial charge on any atom is -0.318 e. The van der Waals surface area contributed by atoms with Crippen LogP contribution >= 0.6 is 0 Å². The molecule has 168 valence electrons. The molecule has 32 heavy (non-hydrogen) atoms. The second kappa shape index (κ2) is 8.93. The Bertz CT molecular complexity index is 1260. The van der Waals surface area contributed by atoms with Crippen molar-refractivity contribution in [2.75, 3.05) is 14.1 Å². The Morgan fingerprint density at radius 1 is 0.906 bits per heavy atom. The SMILES string of the molecule is Cc1cc(C(=O)NNC(=O)c2ccc(S(=O)(=O)N(C)C)cc2)c(C)n1-c1ccc(F)cc1.